The van der Waals surface area contributed by atoms with Crippen LogP contribution in [0, 0.1) is 16.2 Å². The minimum absolute atomic E-state index is 0.00671. The van der Waals surface area contributed by atoms with Crippen LogP contribution in [-0.4, -0.2) is 17.0 Å². The van der Waals surface area contributed by atoms with Crippen molar-refractivity contribution in [2.75, 3.05) is 0 Å². The molecule has 0 bridgehead atoms. The van der Waals surface area contributed by atoms with E-state index in [1.165, 1.54) is 12.8 Å². The molecule has 0 spiro atoms. The summed E-state index contributed by atoms with van der Waals surface area (Å²) in [5.74, 6) is 0. The van der Waals surface area contributed by atoms with Crippen molar-refractivity contribution in [3.8, 4) is 0 Å². The van der Waals surface area contributed by atoms with Crippen LogP contribution in [-0.2, 0) is 4.74 Å². The molecule has 1 aliphatic rings. The number of rotatable bonds is 5. The highest BCUT2D eigenvalue weighted by molar-refractivity contribution is 4.94. The van der Waals surface area contributed by atoms with E-state index in [9.17, 15) is 5.11 Å². The number of hydrogen-bond acceptors (Lipinski definition) is 2. The van der Waals surface area contributed by atoms with Crippen molar-refractivity contribution in [1.29, 1.82) is 0 Å². The monoisotopic (exact) mass is 298 g/mol. The summed E-state index contributed by atoms with van der Waals surface area (Å²) in [4.78, 5) is 0. The van der Waals surface area contributed by atoms with Gasteiger partial charge in [0.15, 0.2) is 6.29 Å². The Balaban J connectivity index is 2.98. The van der Waals surface area contributed by atoms with Crippen LogP contribution in [0.1, 0.15) is 93.9 Å². The van der Waals surface area contributed by atoms with Crippen LogP contribution in [0.2, 0.25) is 0 Å². The number of aliphatic hydroxyl groups is 1. The Morgan fingerprint density at radius 3 is 1.81 bits per heavy atom. The van der Waals surface area contributed by atoms with E-state index >= 15 is 0 Å². The number of aliphatic hydroxyl groups excluding tert-OH is 1. The summed E-state index contributed by atoms with van der Waals surface area (Å²) in [7, 11) is 0. The molecule has 0 aliphatic heterocycles. The van der Waals surface area contributed by atoms with Gasteiger partial charge in [-0.2, -0.15) is 0 Å². The molecule has 21 heavy (non-hydrogen) atoms. The van der Waals surface area contributed by atoms with E-state index in [0.29, 0.717) is 0 Å². The van der Waals surface area contributed by atoms with Crippen LogP contribution < -0.4 is 0 Å². The van der Waals surface area contributed by atoms with Gasteiger partial charge in [0.05, 0.1) is 5.60 Å². The second-order valence-electron chi connectivity index (χ2n) is 9.62. The van der Waals surface area contributed by atoms with Gasteiger partial charge in [0.25, 0.3) is 0 Å². The van der Waals surface area contributed by atoms with Crippen LogP contribution in [0.25, 0.3) is 0 Å². The van der Waals surface area contributed by atoms with Gasteiger partial charge in [0.2, 0.25) is 0 Å². The maximum absolute atomic E-state index is 11.0. The molecular weight excluding hydrogens is 260 g/mol. The fourth-order valence-corrected chi connectivity index (χ4v) is 3.77. The highest BCUT2D eigenvalue weighted by Crippen LogP contribution is 2.51. The zero-order valence-electron chi connectivity index (χ0n) is 15.7. The smallest absolute Gasteiger partial charge is 0.161 e. The topological polar surface area (TPSA) is 29.5 Å². The van der Waals surface area contributed by atoms with Gasteiger partial charge in [-0.05, 0) is 36.5 Å². The molecule has 0 aromatic carbocycles. The van der Waals surface area contributed by atoms with E-state index in [-0.39, 0.29) is 21.8 Å². The highest BCUT2D eigenvalue weighted by Gasteiger charge is 2.49. The average Bonchev–Trinajstić information content (AvgIpc) is 2.74. The Labute approximate surface area is 132 Å². The molecule has 0 heterocycles. The fourth-order valence-electron chi connectivity index (χ4n) is 3.77. The first-order valence-corrected chi connectivity index (χ1v) is 8.71. The molecule has 1 saturated carbocycles. The zero-order valence-corrected chi connectivity index (χ0v) is 15.7. The van der Waals surface area contributed by atoms with Gasteiger partial charge in [0, 0.05) is 5.41 Å². The summed E-state index contributed by atoms with van der Waals surface area (Å²) >= 11 is 0. The zero-order chi connectivity index (χ0) is 16.5. The van der Waals surface area contributed by atoms with Crippen molar-refractivity contribution in [2.45, 2.75) is 106 Å². The third-order valence-corrected chi connectivity index (χ3v) is 5.68. The molecule has 0 radical (unpaired) electrons. The number of ether oxygens (including phenoxy) is 1. The van der Waals surface area contributed by atoms with Gasteiger partial charge in [-0.25, -0.2) is 0 Å². The quantitative estimate of drug-likeness (QED) is 0.676. The first kappa shape index (κ1) is 19.0. The van der Waals surface area contributed by atoms with E-state index in [4.69, 9.17) is 4.74 Å². The molecule has 1 N–H and O–H groups in total. The van der Waals surface area contributed by atoms with Gasteiger partial charge >= 0.3 is 0 Å². The van der Waals surface area contributed by atoms with Crippen LogP contribution >= 0.6 is 0 Å². The standard InChI is InChI=1S/C19H38O2/c1-9-19(12-10-11-13-19)21-15(20)18(8,17(5,6)7)14-16(2,3)4/h15,20H,9-14H2,1-8H3. The maximum atomic E-state index is 11.0. The van der Waals surface area contributed by atoms with E-state index in [1.807, 2.05) is 0 Å². The average molecular weight is 299 g/mol. The van der Waals surface area contributed by atoms with Gasteiger partial charge in [-0.1, -0.05) is 68.2 Å². The van der Waals surface area contributed by atoms with Crippen molar-refractivity contribution in [3.05, 3.63) is 0 Å². The van der Waals surface area contributed by atoms with Crippen molar-refractivity contribution >= 4 is 0 Å². The molecule has 0 amide bonds. The molecule has 2 unspecified atom stereocenters. The summed E-state index contributed by atoms with van der Waals surface area (Å²) < 4.78 is 6.34. The van der Waals surface area contributed by atoms with Crippen LogP contribution in [0.3, 0.4) is 0 Å². The predicted octanol–water partition coefficient (Wildman–Crippen LogP) is 5.53. The SMILES string of the molecule is CCC1(OC(O)C(C)(CC(C)(C)C)C(C)(C)C)CCCC1. The molecule has 2 heteroatoms. The third-order valence-electron chi connectivity index (χ3n) is 5.68. The largest absolute Gasteiger partial charge is 0.367 e. The van der Waals surface area contributed by atoms with E-state index in [0.717, 1.165) is 25.7 Å². The van der Waals surface area contributed by atoms with Crippen molar-refractivity contribution in [1.82, 2.24) is 0 Å². The minimum Gasteiger partial charge on any atom is -0.367 e. The lowest BCUT2D eigenvalue weighted by atomic mass is 9.60. The first-order valence-electron chi connectivity index (χ1n) is 8.71. The molecule has 2 nitrogen and oxygen atoms in total. The maximum Gasteiger partial charge on any atom is 0.161 e. The van der Waals surface area contributed by atoms with Gasteiger partial charge in [0.1, 0.15) is 0 Å². The Morgan fingerprint density at radius 2 is 1.48 bits per heavy atom. The Hall–Kier alpha value is -0.0800. The molecule has 1 fully saturated rings. The number of hydrogen-bond donors (Lipinski definition) is 1. The minimum atomic E-state index is -0.699. The molecular formula is C19H38O2. The lowest BCUT2D eigenvalue weighted by Crippen LogP contribution is -2.50. The summed E-state index contributed by atoms with van der Waals surface area (Å²) in [6.07, 6.45) is 5.89. The fraction of sp³-hybridized carbons (Fsp3) is 1.00. The summed E-state index contributed by atoms with van der Waals surface area (Å²) in [5, 5.41) is 11.0. The Bertz CT molecular complexity index is 328. The molecule has 126 valence electrons. The molecule has 2 atom stereocenters. The Morgan fingerprint density at radius 1 is 1.00 bits per heavy atom. The van der Waals surface area contributed by atoms with Crippen molar-refractivity contribution in [3.63, 3.8) is 0 Å². The molecule has 0 saturated heterocycles. The molecule has 1 rings (SSSR count). The van der Waals surface area contributed by atoms with Crippen LogP contribution in [0.15, 0.2) is 0 Å². The highest BCUT2D eigenvalue weighted by atomic mass is 16.6. The lowest BCUT2D eigenvalue weighted by Gasteiger charge is -2.50. The van der Waals surface area contributed by atoms with E-state index in [1.54, 1.807) is 0 Å². The Kier molecular flexibility index (Phi) is 5.60. The van der Waals surface area contributed by atoms with E-state index in [2.05, 4.69) is 55.4 Å². The summed E-state index contributed by atoms with van der Waals surface area (Å²) in [6.45, 7) is 17.8. The molecule has 0 aromatic heterocycles. The van der Waals surface area contributed by atoms with E-state index < -0.39 is 6.29 Å². The van der Waals surface area contributed by atoms with Crippen molar-refractivity contribution in [2.24, 2.45) is 16.2 Å². The second kappa shape index (κ2) is 6.20. The lowest BCUT2D eigenvalue weighted by molar-refractivity contribution is -0.262. The van der Waals surface area contributed by atoms with Crippen molar-refractivity contribution < 1.29 is 9.84 Å². The predicted molar refractivity (Wildman–Crippen MR) is 90.2 cm³/mol. The van der Waals surface area contributed by atoms with Gasteiger partial charge in [-0.15, -0.1) is 0 Å². The summed E-state index contributed by atoms with van der Waals surface area (Å²) in [5.41, 5.74) is -0.186. The normalized spacial score (nSPS) is 23.9. The van der Waals surface area contributed by atoms with Gasteiger partial charge in [-0.3, -0.25) is 0 Å². The first-order chi connectivity index (χ1) is 9.35. The molecule has 1 aliphatic carbocycles. The van der Waals surface area contributed by atoms with Gasteiger partial charge < -0.3 is 9.84 Å². The van der Waals surface area contributed by atoms with Crippen LogP contribution in [0.4, 0.5) is 0 Å². The van der Waals surface area contributed by atoms with Crippen LogP contribution in [0.5, 0.6) is 0 Å². The third kappa shape index (κ3) is 4.45. The molecule has 0 aromatic rings. The summed E-state index contributed by atoms with van der Waals surface area (Å²) in [6, 6.07) is 0. The second-order valence-corrected chi connectivity index (χ2v) is 9.62.